The summed E-state index contributed by atoms with van der Waals surface area (Å²) >= 11 is 12.5. The van der Waals surface area contributed by atoms with Crippen LogP contribution in [0.1, 0.15) is 76.2 Å². The number of imide groups is 1. The summed E-state index contributed by atoms with van der Waals surface area (Å²) in [7, 11) is 0. The predicted molar refractivity (Wildman–Crippen MR) is 119 cm³/mol. The molecule has 1 aliphatic carbocycles. The molecule has 0 saturated heterocycles. The highest BCUT2D eigenvalue weighted by Gasteiger charge is 2.39. The molecule has 2 amide bonds. The van der Waals surface area contributed by atoms with Gasteiger partial charge in [0.05, 0.1) is 5.69 Å². The van der Waals surface area contributed by atoms with E-state index in [2.05, 4.69) is 5.32 Å². The molecule has 3 rings (SSSR count). The normalized spacial score (nSPS) is 20.6. The summed E-state index contributed by atoms with van der Waals surface area (Å²) in [6.45, 7) is 1.88. The van der Waals surface area contributed by atoms with Gasteiger partial charge in [-0.2, -0.15) is 0 Å². The number of nitrogens with zero attached hydrogens (tertiary/aromatic N) is 1. The van der Waals surface area contributed by atoms with Crippen LogP contribution in [0.2, 0.25) is 5.02 Å². The first-order valence-corrected chi connectivity index (χ1v) is 11.6. The zero-order chi connectivity index (χ0) is 20.8. The Kier molecular flexibility index (Phi) is 8.02. The second-order valence-electron chi connectivity index (χ2n) is 8.17. The van der Waals surface area contributed by atoms with Crippen molar-refractivity contribution in [2.75, 3.05) is 4.90 Å². The molecule has 1 aromatic rings. The topological polar surface area (TPSA) is 49.4 Å². The van der Waals surface area contributed by atoms with Gasteiger partial charge < -0.3 is 5.32 Å². The first kappa shape index (κ1) is 22.2. The van der Waals surface area contributed by atoms with Crippen molar-refractivity contribution < 1.29 is 9.59 Å². The highest BCUT2D eigenvalue weighted by Crippen LogP contribution is 2.31. The summed E-state index contributed by atoms with van der Waals surface area (Å²) in [6, 6.07) is 5.32. The average molecular weight is 437 g/mol. The summed E-state index contributed by atoms with van der Waals surface area (Å²) in [5, 5.41) is 3.81. The van der Waals surface area contributed by atoms with E-state index in [-0.39, 0.29) is 16.8 Å². The first-order valence-electron chi connectivity index (χ1n) is 10.8. The summed E-state index contributed by atoms with van der Waals surface area (Å²) in [6.07, 6.45) is 13.2. The number of carbonyl (C=O) groups is 2. The average Bonchev–Trinajstić information content (AvgIpc) is 2.89. The van der Waals surface area contributed by atoms with Gasteiger partial charge in [0.1, 0.15) is 10.7 Å². The second-order valence-corrected chi connectivity index (χ2v) is 8.95. The van der Waals surface area contributed by atoms with Gasteiger partial charge in [0.2, 0.25) is 0 Å². The lowest BCUT2D eigenvalue weighted by molar-refractivity contribution is -0.120. The van der Waals surface area contributed by atoms with Crippen molar-refractivity contribution in [2.45, 2.75) is 83.6 Å². The van der Waals surface area contributed by atoms with Crippen LogP contribution in [0.4, 0.5) is 5.69 Å². The molecule has 1 aromatic carbocycles. The largest absolute Gasteiger partial charge is 0.376 e. The molecule has 0 atom stereocenters. The van der Waals surface area contributed by atoms with Crippen LogP contribution >= 0.6 is 23.2 Å². The van der Waals surface area contributed by atoms with Gasteiger partial charge in [-0.1, -0.05) is 87.1 Å². The smallest absolute Gasteiger partial charge is 0.283 e. The number of hydrogen-bond donors (Lipinski definition) is 1. The fourth-order valence-corrected chi connectivity index (χ4v) is 4.49. The van der Waals surface area contributed by atoms with E-state index in [4.69, 9.17) is 23.2 Å². The molecular formula is C23H30Cl2N2O2. The number of amides is 2. The Hall–Kier alpha value is -1.52. The van der Waals surface area contributed by atoms with Crippen LogP contribution in [0.5, 0.6) is 0 Å². The van der Waals surface area contributed by atoms with E-state index in [1.54, 1.807) is 18.2 Å². The maximum atomic E-state index is 13.0. The van der Waals surface area contributed by atoms with E-state index < -0.39 is 11.8 Å². The van der Waals surface area contributed by atoms with Crippen LogP contribution in [0.3, 0.4) is 0 Å². The summed E-state index contributed by atoms with van der Waals surface area (Å²) < 4.78 is 0. The Bertz CT molecular complexity index is 779. The molecule has 4 nitrogen and oxygen atoms in total. The van der Waals surface area contributed by atoms with Crippen molar-refractivity contribution in [2.24, 2.45) is 0 Å². The lowest BCUT2D eigenvalue weighted by Crippen LogP contribution is -2.37. The molecule has 29 heavy (non-hydrogen) atoms. The maximum Gasteiger partial charge on any atom is 0.283 e. The molecule has 1 N–H and O–H groups in total. The van der Waals surface area contributed by atoms with Crippen molar-refractivity contribution in [1.29, 1.82) is 0 Å². The third kappa shape index (κ3) is 5.55. The fraction of sp³-hybridized carbons (Fsp3) is 0.565. The zero-order valence-electron chi connectivity index (χ0n) is 17.1. The van der Waals surface area contributed by atoms with Gasteiger partial charge in [0.15, 0.2) is 0 Å². The van der Waals surface area contributed by atoms with Gasteiger partial charge in [-0.15, -0.1) is 0 Å². The minimum atomic E-state index is -0.493. The van der Waals surface area contributed by atoms with Gasteiger partial charge in [-0.3, -0.25) is 9.59 Å². The Balaban J connectivity index is 1.71. The van der Waals surface area contributed by atoms with Crippen LogP contribution in [-0.4, -0.2) is 17.9 Å². The fourth-order valence-electron chi connectivity index (χ4n) is 4.10. The van der Waals surface area contributed by atoms with Gasteiger partial charge >= 0.3 is 0 Å². The number of benzene rings is 1. The number of carbonyl (C=O) groups excluding carboxylic acids is 2. The number of rotatable bonds is 3. The molecule has 0 aromatic heterocycles. The van der Waals surface area contributed by atoms with Crippen LogP contribution in [-0.2, 0) is 9.59 Å². The maximum absolute atomic E-state index is 13.0. The van der Waals surface area contributed by atoms with Crippen LogP contribution < -0.4 is 10.2 Å². The van der Waals surface area contributed by atoms with Crippen molar-refractivity contribution in [1.82, 2.24) is 5.32 Å². The van der Waals surface area contributed by atoms with E-state index in [0.29, 0.717) is 10.7 Å². The van der Waals surface area contributed by atoms with E-state index >= 15 is 0 Å². The van der Waals surface area contributed by atoms with Crippen molar-refractivity contribution in [3.8, 4) is 0 Å². The number of aryl methyl sites for hydroxylation is 1. The molecule has 0 bridgehead atoms. The Morgan fingerprint density at radius 1 is 0.862 bits per heavy atom. The van der Waals surface area contributed by atoms with Gasteiger partial charge in [-0.05, 0) is 37.5 Å². The number of nitrogens with one attached hydrogen (secondary N) is 1. The molecule has 1 saturated carbocycles. The molecule has 1 heterocycles. The quantitative estimate of drug-likeness (QED) is 0.570. The molecule has 2 aliphatic rings. The summed E-state index contributed by atoms with van der Waals surface area (Å²) in [5.41, 5.74) is 1.56. The van der Waals surface area contributed by atoms with E-state index in [9.17, 15) is 9.59 Å². The molecular weight excluding hydrogens is 407 g/mol. The van der Waals surface area contributed by atoms with Crippen molar-refractivity contribution in [3.05, 3.63) is 39.5 Å². The minimum absolute atomic E-state index is 0.0298. The van der Waals surface area contributed by atoms with E-state index in [1.807, 2.05) is 6.92 Å². The molecule has 1 aliphatic heterocycles. The lowest BCUT2D eigenvalue weighted by Gasteiger charge is -2.22. The highest BCUT2D eigenvalue weighted by molar-refractivity contribution is 6.52. The van der Waals surface area contributed by atoms with Gasteiger partial charge in [0, 0.05) is 11.1 Å². The Morgan fingerprint density at radius 2 is 1.41 bits per heavy atom. The Morgan fingerprint density at radius 3 is 1.97 bits per heavy atom. The molecule has 0 spiro atoms. The number of halogens is 2. The van der Waals surface area contributed by atoms with Crippen molar-refractivity contribution >= 4 is 40.7 Å². The molecule has 158 valence electrons. The summed E-state index contributed by atoms with van der Waals surface area (Å²) in [4.78, 5) is 26.9. The van der Waals surface area contributed by atoms with E-state index in [0.717, 1.165) is 36.1 Å². The zero-order valence-corrected chi connectivity index (χ0v) is 18.6. The summed E-state index contributed by atoms with van der Waals surface area (Å²) in [5.74, 6) is -0.890. The molecule has 0 unspecified atom stereocenters. The highest BCUT2D eigenvalue weighted by atomic mass is 35.5. The number of hydrogen-bond acceptors (Lipinski definition) is 3. The molecule has 0 radical (unpaired) electrons. The lowest BCUT2D eigenvalue weighted by atomic mass is 9.98. The SMILES string of the molecule is Cc1ccc(N2C(=O)C(Cl)=C(NC3CCCCCCCCCCC3)C2=O)cc1Cl. The molecule has 1 fully saturated rings. The standard InChI is InChI=1S/C23H30Cl2N2O2/c1-16-13-14-18(15-19(16)24)27-22(28)20(25)21(23(27)29)26-17-11-9-7-5-3-2-4-6-8-10-12-17/h13-15,17,26H,2-12H2,1H3. The minimum Gasteiger partial charge on any atom is -0.376 e. The van der Waals surface area contributed by atoms with E-state index in [1.165, 1.54) is 44.9 Å². The van der Waals surface area contributed by atoms with Crippen LogP contribution in [0.25, 0.3) is 0 Å². The third-order valence-corrected chi connectivity index (χ3v) is 6.65. The van der Waals surface area contributed by atoms with Gasteiger partial charge in [-0.25, -0.2) is 4.90 Å². The van der Waals surface area contributed by atoms with Crippen LogP contribution in [0.15, 0.2) is 28.9 Å². The first-order chi connectivity index (χ1) is 14.0. The Labute approximate surface area is 183 Å². The van der Waals surface area contributed by atoms with Crippen molar-refractivity contribution in [3.63, 3.8) is 0 Å². The monoisotopic (exact) mass is 436 g/mol. The predicted octanol–water partition coefficient (Wildman–Crippen LogP) is 6.23. The van der Waals surface area contributed by atoms with Crippen LogP contribution in [0, 0.1) is 6.92 Å². The molecule has 6 heteroatoms. The number of anilines is 1. The third-order valence-electron chi connectivity index (χ3n) is 5.89. The van der Waals surface area contributed by atoms with Gasteiger partial charge in [0.25, 0.3) is 11.8 Å². The second kappa shape index (κ2) is 10.5.